The van der Waals surface area contributed by atoms with Crippen molar-refractivity contribution in [3.63, 3.8) is 0 Å². The second kappa shape index (κ2) is 11.6. The van der Waals surface area contributed by atoms with Crippen molar-refractivity contribution in [3.05, 3.63) is 48.0 Å². The van der Waals surface area contributed by atoms with Gasteiger partial charge in [0.25, 0.3) is 0 Å². The third-order valence-corrected chi connectivity index (χ3v) is 6.16. The molecular weight excluding hydrogens is 458 g/mol. The topological polar surface area (TPSA) is 107 Å². The minimum atomic E-state index is -0.603. The molecule has 0 aromatic heterocycles. The number of carbonyl (C=O) groups is 3. The highest BCUT2D eigenvalue weighted by molar-refractivity contribution is 8.15. The van der Waals surface area contributed by atoms with Crippen molar-refractivity contribution in [2.24, 2.45) is 4.99 Å². The molecule has 1 fully saturated rings. The summed E-state index contributed by atoms with van der Waals surface area (Å²) in [5.74, 6) is 0.242. The van der Waals surface area contributed by atoms with Gasteiger partial charge in [-0.2, -0.15) is 0 Å². The maximum absolute atomic E-state index is 12.9. The predicted molar refractivity (Wildman–Crippen MR) is 131 cm³/mol. The molecule has 1 aliphatic rings. The van der Waals surface area contributed by atoms with Crippen molar-refractivity contribution in [2.75, 3.05) is 32.7 Å². The Balaban J connectivity index is 1.70. The van der Waals surface area contributed by atoms with Crippen molar-refractivity contribution < 1.29 is 28.6 Å². The van der Waals surface area contributed by atoms with Gasteiger partial charge < -0.3 is 19.5 Å². The SMILES string of the molecule is CCOC(=O)c1ccc(NC(=O)CC2SC(=Nc3cc(OC)ccc3OC)N(CC)C2=O)cc1. The van der Waals surface area contributed by atoms with E-state index >= 15 is 0 Å². The van der Waals surface area contributed by atoms with E-state index in [-0.39, 0.29) is 24.8 Å². The summed E-state index contributed by atoms with van der Waals surface area (Å²) in [7, 11) is 3.10. The fourth-order valence-electron chi connectivity index (χ4n) is 3.29. The Bertz CT molecular complexity index is 1090. The third kappa shape index (κ3) is 5.88. The molecule has 1 N–H and O–H groups in total. The average Bonchev–Trinajstić information content (AvgIpc) is 3.12. The van der Waals surface area contributed by atoms with Gasteiger partial charge in [0.1, 0.15) is 22.4 Å². The summed E-state index contributed by atoms with van der Waals surface area (Å²) >= 11 is 1.24. The number of ether oxygens (including phenoxy) is 3. The molecule has 0 radical (unpaired) electrons. The van der Waals surface area contributed by atoms with E-state index in [2.05, 4.69) is 10.3 Å². The normalized spacial score (nSPS) is 16.5. The average molecular weight is 486 g/mol. The molecule has 34 heavy (non-hydrogen) atoms. The molecule has 1 aliphatic heterocycles. The molecule has 1 saturated heterocycles. The molecule has 2 aromatic carbocycles. The van der Waals surface area contributed by atoms with E-state index in [1.807, 2.05) is 6.92 Å². The summed E-state index contributed by atoms with van der Waals surface area (Å²) < 4.78 is 15.6. The zero-order valence-corrected chi connectivity index (χ0v) is 20.3. The fourth-order valence-corrected chi connectivity index (χ4v) is 4.50. The van der Waals surface area contributed by atoms with Gasteiger partial charge in [-0.25, -0.2) is 9.79 Å². The molecule has 1 atom stereocenters. The number of rotatable bonds is 9. The predicted octanol–water partition coefficient (Wildman–Crippen LogP) is 3.86. The molecule has 0 aliphatic carbocycles. The van der Waals surface area contributed by atoms with Crippen LogP contribution in [-0.4, -0.2) is 60.5 Å². The van der Waals surface area contributed by atoms with Crippen LogP contribution in [0.5, 0.6) is 11.5 Å². The third-order valence-electron chi connectivity index (χ3n) is 4.99. The minimum absolute atomic E-state index is 0.0199. The molecule has 0 bridgehead atoms. The molecule has 1 heterocycles. The van der Waals surface area contributed by atoms with Crippen LogP contribution >= 0.6 is 11.8 Å². The van der Waals surface area contributed by atoms with Crippen LogP contribution in [0, 0.1) is 0 Å². The highest BCUT2D eigenvalue weighted by Crippen LogP contribution is 2.36. The van der Waals surface area contributed by atoms with Crippen molar-refractivity contribution in [1.82, 2.24) is 4.90 Å². The van der Waals surface area contributed by atoms with Gasteiger partial charge in [-0.05, 0) is 50.2 Å². The maximum atomic E-state index is 12.9. The standard InChI is InChI=1S/C24H27N3O6S/c1-5-27-22(29)20(34-24(27)26-18-13-17(31-3)11-12-19(18)32-4)14-21(28)25-16-9-7-15(8-10-16)23(30)33-6-2/h7-13,20H,5-6,14H2,1-4H3,(H,25,28). The number of carbonyl (C=O) groups excluding carboxylic acids is 3. The fraction of sp³-hybridized carbons (Fsp3) is 0.333. The first-order valence-electron chi connectivity index (χ1n) is 10.8. The van der Waals surface area contributed by atoms with Crippen LogP contribution in [-0.2, 0) is 14.3 Å². The smallest absolute Gasteiger partial charge is 0.338 e. The number of amidine groups is 1. The lowest BCUT2D eigenvalue weighted by molar-refractivity contribution is -0.128. The van der Waals surface area contributed by atoms with Gasteiger partial charge >= 0.3 is 5.97 Å². The molecule has 0 spiro atoms. The number of amides is 2. The highest BCUT2D eigenvalue weighted by atomic mass is 32.2. The number of benzene rings is 2. The van der Waals surface area contributed by atoms with Gasteiger partial charge in [-0.3, -0.25) is 14.5 Å². The molecule has 0 saturated carbocycles. The number of hydrogen-bond donors (Lipinski definition) is 1. The maximum Gasteiger partial charge on any atom is 0.338 e. The molecule has 10 heteroatoms. The lowest BCUT2D eigenvalue weighted by atomic mass is 10.2. The Morgan fingerprint density at radius 1 is 1.09 bits per heavy atom. The molecule has 9 nitrogen and oxygen atoms in total. The molecular formula is C24H27N3O6S. The lowest BCUT2D eigenvalue weighted by Crippen LogP contribution is -2.33. The van der Waals surface area contributed by atoms with E-state index in [1.165, 1.54) is 11.8 Å². The number of aliphatic imine (C=N–C) groups is 1. The zero-order chi connectivity index (χ0) is 24.7. The summed E-state index contributed by atoms with van der Waals surface area (Å²) in [5, 5.41) is 2.66. The summed E-state index contributed by atoms with van der Waals surface area (Å²) in [6, 6.07) is 11.6. The second-order valence-corrected chi connectivity index (χ2v) is 8.34. The summed E-state index contributed by atoms with van der Waals surface area (Å²) in [4.78, 5) is 43.5. The highest BCUT2D eigenvalue weighted by Gasteiger charge is 2.38. The second-order valence-electron chi connectivity index (χ2n) is 7.17. The van der Waals surface area contributed by atoms with Crippen LogP contribution < -0.4 is 14.8 Å². The van der Waals surface area contributed by atoms with E-state index < -0.39 is 11.2 Å². The van der Waals surface area contributed by atoms with Crippen molar-refractivity contribution >= 4 is 46.1 Å². The summed E-state index contributed by atoms with van der Waals surface area (Å²) in [6.45, 7) is 4.29. The quantitative estimate of drug-likeness (QED) is 0.538. The molecule has 2 aromatic rings. The minimum Gasteiger partial charge on any atom is -0.497 e. The van der Waals surface area contributed by atoms with E-state index in [4.69, 9.17) is 14.2 Å². The Morgan fingerprint density at radius 3 is 2.44 bits per heavy atom. The van der Waals surface area contributed by atoms with Gasteiger partial charge in [-0.1, -0.05) is 11.8 Å². The van der Waals surface area contributed by atoms with Crippen molar-refractivity contribution in [1.29, 1.82) is 0 Å². The van der Waals surface area contributed by atoms with Gasteiger partial charge in [-0.15, -0.1) is 0 Å². The first kappa shape index (κ1) is 25.1. The number of methoxy groups -OCH3 is 2. The Labute approximate surface area is 202 Å². The number of thioether (sulfide) groups is 1. The first-order valence-corrected chi connectivity index (χ1v) is 11.6. The van der Waals surface area contributed by atoms with Gasteiger partial charge in [0, 0.05) is 24.7 Å². The van der Waals surface area contributed by atoms with Gasteiger partial charge in [0.2, 0.25) is 11.8 Å². The number of esters is 1. The lowest BCUT2D eigenvalue weighted by Gasteiger charge is -2.14. The number of anilines is 1. The van der Waals surface area contributed by atoms with E-state index in [0.29, 0.717) is 40.1 Å². The zero-order valence-electron chi connectivity index (χ0n) is 19.5. The van der Waals surface area contributed by atoms with E-state index in [1.54, 1.807) is 68.5 Å². The Morgan fingerprint density at radius 2 is 1.82 bits per heavy atom. The largest absolute Gasteiger partial charge is 0.497 e. The van der Waals surface area contributed by atoms with Crippen LogP contribution in [0.3, 0.4) is 0 Å². The van der Waals surface area contributed by atoms with Crippen LogP contribution in [0.15, 0.2) is 47.5 Å². The van der Waals surface area contributed by atoms with Gasteiger partial charge in [0.15, 0.2) is 5.17 Å². The molecule has 180 valence electrons. The number of nitrogens with one attached hydrogen (secondary N) is 1. The Hall–Kier alpha value is -3.53. The number of hydrogen-bond acceptors (Lipinski definition) is 8. The molecule has 2 amide bonds. The summed E-state index contributed by atoms with van der Waals surface area (Å²) in [5.41, 5.74) is 1.45. The monoisotopic (exact) mass is 485 g/mol. The van der Waals surface area contributed by atoms with Crippen LogP contribution in [0.2, 0.25) is 0 Å². The Kier molecular flexibility index (Phi) is 8.53. The van der Waals surface area contributed by atoms with Crippen LogP contribution in [0.1, 0.15) is 30.6 Å². The van der Waals surface area contributed by atoms with Crippen molar-refractivity contribution in [3.8, 4) is 11.5 Å². The number of nitrogens with zero attached hydrogens (tertiary/aromatic N) is 2. The molecule has 1 unspecified atom stereocenters. The first-order chi connectivity index (χ1) is 16.4. The van der Waals surface area contributed by atoms with Crippen molar-refractivity contribution in [2.45, 2.75) is 25.5 Å². The van der Waals surface area contributed by atoms with Crippen LogP contribution in [0.25, 0.3) is 0 Å². The summed E-state index contributed by atoms with van der Waals surface area (Å²) in [6.07, 6.45) is -0.0199. The van der Waals surface area contributed by atoms with E-state index in [9.17, 15) is 14.4 Å². The van der Waals surface area contributed by atoms with Crippen LogP contribution in [0.4, 0.5) is 11.4 Å². The van der Waals surface area contributed by atoms with Gasteiger partial charge in [0.05, 0.1) is 26.4 Å². The molecule has 3 rings (SSSR count). The van der Waals surface area contributed by atoms with E-state index in [0.717, 1.165) is 0 Å².